The number of benzene rings is 2. The lowest BCUT2D eigenvalue weighted by molar-refractivity contribution is 0.0527. The van der Waals surface area contributed by atoms with Crippen molar-refractivity contribution < 1.29 is 18.7 Å². The number of methoxy groups -OCH3 is 1. The molecule has 0 saturated carbocycles. The van der Waals surface area contributed by atoms with E-state index in [0.717, 1.165) is 11.1 Å². The van der Waals surface area contributed by atoms with Crippen LogP contribution >= 0.6 is 0 Å². The summed E-state index contributed by atoms with van der Waals surface area (Å²) in [6, 6.07) is 13.8. The van der Waals surface area contributed by atoms with Crippen LogP contribution in [0.4, 0.5) is 15.9 Å². The van der Waals surface area contributed by atoms with Gasteiger partial charge in [0.15, 0.2) is 11.6 Å². The number of halogens is 1. The monoisotopic (exact) mass is 380 g/mol. The average Bonchev–Trinajstić information content (AvgIpc) is 2.70. The fourth-order valence-corrected chi connectivity index (χ4v) is 2.95. The van der Waals surface area contributed by atoms with Crippen LogP contribution in [0.25, 0.3) is 11.1 Å². The van der Waals surface area contributed by atoms with Crippen molar-refractivity contribution in [1.29, 1.82) is 0 Å². The summed E-state index contributed by atoms with van der Waals surface area (Å²) in [5, 5.41) is 3.17. The molecular weight excluding hydrogens is 359 g/mol. The van der Waals surface area contributed by atoms with Gasteiger partial charge in [0.1, 0.15) is 11.4 Å². The van der Waals surface area contributed by atoms with E-state index in [4.69, 9.17) is 9.47 Å². The van der Waals surface area contributed by atoms with Crippen molar-refractivity contribution in [2.75, 3.05) is 19.0 Å². The first-order chi connectivity index (χ1) is 13.6. The summed E-state index contributed by atoms with van der Waals surface area (Å²) in [6.07, 6.45) is 1.59. The summed E-state index contributed by atoms with van der Waals surface area (Å²) in [7, 11) is 1.44. The Morgan fingerprint density at radius 1 is 1.11 bits per heavy atom. The number of rotatable bonds is 6. The van der Waals surface area contributed by atoms with Crippen LogP contribution < -0.4 is 10.1 Å². The lowest BCUT2D eigenvalue weighted by Gasteiger charge is -2.16. The van der Waals surface area contributed by atoms with E-state index in [1.807, 2.05) is 25.1 Å². The van der Waals surface area contributed by atoms with E-state index in [9.17, 15) is 9.18 Å². The van der Waals surface area contributed by atoms with Crippen LogP contribution in [0.1, 0.15) is 22.8 Å². The third-order valence-electron chi connectivity index (χ3n) is 4.36. The molecule has 5 nitrogen and oxygen atoms in total. The molecule has 0 aliphatic carbocycles. The minimum atomic E-state index is -0.453. The van der Waals surface area contributed by atoms with Crippen LogP contribution in [-0.4, -0.2) is 24.7 Å². The van der Waals surface area contributed by atoms with E-state index in [0.29, 0.717) is 22.6 Å². The first-order valence-corrected chi connectivity index (χ1v) is 8.88. The van der Waals surface area contributed by atoms with Gasteiger partial charge in [-0.1, -0.05) is 24.3 Å². The van der Waals surface area contributed by atoms with E-state index in [2.05, 4.69) is 10.3 Å². The third kappa shape index (κ3) is 3.81. The van der Waals surface area contributed by atoms with Crippen LogP contribution in [0.3, 0.4) is 0 Å². The predicted molar refractivity (Wildman–Crippen MR) is 107 cm³/mol. The Hall–Kier alpha value is -3.41. The number of hydrogen-bond donors (Lipinski definition) is 1. The van der Waals surface area contributed by atoms with Crippen molar-refractivity contribution >= 4 is 17.5 Å². The number of aromatic nitrogens is 1. The van der Waals surface area contributed by atoms with Gasteiger partial charge in [0.05, 0.1) is 13.7 Å². The fourth-order valence-electron chi connectivity index (χ4n) is 2.95. The van der Waals surface area contributed by atoms with Crippen molar-refractivity contribution in [3.8, 4) is 16.9 Å². The van der Waals surface area contributed by atoms with Crippen LogP contribution in [0, 0.1) is 12.7 Å². The highest BCUT2D eigenvalue weighted by atomic mass is 19.1. The maximum absolute atomic E-state index is 14.7. The smallest absolute Gasteiger partial charge is 0.341 e. The SMILES string of the molecule is CCOC(=O)c1cccnc1Nc1cccc(-c2cccc(OC)c2F)c1C. The lowest BCUT2D eigenvalue weighted by Crippen LogP contribution is -2.09. The summed E-state index contributed by atoms with van der Waals surface area (Å²) in [6.45, 7) is 3.90. The van der Waals surface area contributed by atoms with Crippen molar-refractivity contribution in [3.63, 3.8) is 0 Å². The summed E-state index contributed by atoms with van der Waals surface area (Å²) < 4.78 is 24.9. The van der Waals surface area contributed by atoms with Gasteiger partial charge in [0.25, 0.3) is 0 Å². The topological polar surface area (TPSA) is 60.5 Å². The molecule has 1 N–H and O–H groups in total. The van der Waals surface area contributed by atoms with Gasteiger partial charge in [0, 0.05) is 17.4 Å². The molecule has 144 valence electrons. The molecule has 0 aliphatic rings. The molecular formula is C22H21FN2O3. The van der Waals surface area contributed by atoms with Gasteiger partial charge in [-0.25, -0.2) is 14.2 Å². The van der Waals surface area contributed by atoms with Gasteiger partial charge in [-0.15, -0.1) is 0 Å². The maximum atomic E-state index is 14.7. The Balaban J connectivity index is 2.01. The number of anilines is 2. The number of esters is 1. The van der Waals surface area contributed by atoms with E-state index < -0.39 is 11.8 Å². The molecule has 0 bridgehead atoms. The minimum absolute atomic E-state index is 0.185. The molecule has 0 spiro atoms. The molecule has 3 rings (SSSR count). The molecule has 1 aromatic heterocycles. The summed E-state index contributed by atoms with van der Waals surface area (Å²) >= 11 is 0. The van der Waals surface area contributed by atoms with Gasteiger partial charge in [-0.05, 0) is 49.2 Å². The van der Waals surface area contributed by atoms with E-state index in [1.54, 1.807) is 43.5 Å². The van der Waals surface area contributed by atoms with Crippen molar-refractivity contribution in [2.45, 2.75) is 13.8 Å². The molecule has 0 radical (unpaired) electrons. The molecule has 6 heteroatoms. The largest absolute Gasteiger partial charge is 0.494 e. The zero-order valence-electron chi connectivity index (χ0n) is 16.0. The van der Waals surface area contributed by atoms with E-state index in [-0.39, 0.29) is 12.4 Å². The standard InChI is InChI=1S/C22H21FN2O3/c1-4-28-22(26)17-10-7-13-24-21(17)25-18-11-5-8-15(14(18)2)16-9-6-12-19(27-3)20(16)23/h5-13H,4H2,1-3H3,(H,24,25). The van der Waals surface area contributed by atoms with Gasteiger partial charge in [0.2, 0.25) is 0 Å². The molecule has 28 heavy (non-hydrogen) atoms. The number of pyridine rings is 1. The van der Waals surface area contributed by atoms with E-state index in [1.165, 1.54) is 7.11 Å². The summed E-state index contributed by atoms with van der Waals surface area (Å²) in [5.74, 6) is -0.307. The number of carbonyl (C=O) groups is 1. The van der Waals surface area contributed by atoms with Crippen LogP contribution in [-0.2, 0) is 4.74 Å². The summed E-state index contributed by atoms with van der Waals surface area (Å²) in [4.78, 5) is 16.4. The number of hydrogen-bond acceptors (Lipinski definition) is 5. The van der Waals surface area contributed by atoms with Crippen molar-refractivity contribution in [2.24, 2.45) is 0 Å². The predicted octanol–water partition coefficient (Wildman–Crippen LogP) is 5.13. The number of nitrogens with one attached hydrogen (secondary N) is 1. The van der Waals surface area contributed by atoms with Crippen molar-refractivity contribution in [1.82, 2.24) is 4.98 Å². The Morgan fingerprint density at radius 3 is 2.61 bits per heavy atom. The zero-order chi connectivity index (χ0) is 20.1. The molecule has 0 amide bonds. The third-order valence-corrected chi connectivity index (χ3v) is 4.36. The first kappa shape index (κ1) is 19.4. The van der Waals surface area contributed by atoms with Gasteiger partial charge >= 0.3 is 5.97 Å². The fraction of sp³-hybridized carbons (Fsp3) is 0.182. The van der Waals surface area contributed by atoms with Crippen LogP contribution in [0.5, 0.6) is 5.75 Å². The molecule has 0 unspecified atom stereocenters. The van der Waals surface area contributed by atoms with E-state index >= 15 is 0 Å². The Morgan fingerprint density at radius 2 is 1.86 bits per heavy atom. The highest BCUT2D eigenvalue weighted by Gasteiger charge is 2.17. The highest BCUT2D eigenvalue weighted by Crippen LogP contribution is 2.34. The van der Waals surface area contributed by atoms with Crippen LogP contribution in [0.2, 0.25) is 0 Å². The Labute approximate surface area is 163 Å². The zero-order valence-corrected chi connectivity index (χ0v) is 16.0. The minimum Gasteiger partial charge on any atom is -0.494 e. The first-order valence-electron chi connectivity index (χ1n) is 8.88. The molecule has 1 heterocycles. The summed E-state index contributed by atoms with van der Waals surface area (Å²) in [5.41, 5.74) is 3.02. The van der Waals surface area contributed by atoms with Gasteiger partial charge in [-0.3, -0.25) is 0 Å². The highest BCUT2D eigenvalue weighted by molar-refractivity contribution is 5.95. The normalized spacial score (nSPS) is 10.4. The van der Waals surface area contributed by atoms with Crippen LogP contribution in [0.15, 0.2) is 54.7 Å². The maximum Gasteiger partial charge on any atom is 0.341 e. The second kappa shape index (κ2) is 8.52. The second-order valence-corrected chi connectivity index (χ2v) is 6.04. The molecule has 2 aromatic carbocycles. The molecule has 0 aliphatic heterocycles. The Kier molecular flexibility index (Phi) is 5.89. The second-order valence-electron chi connectivity index (χ2n) is 6.04. The average molecular weight is 380 g/mol. The number of ether oxygens (including phenoxy) is 2. The molecule has 0 fully saturated rings. The molecule has 3 aromatic rings. The lowest BCUT2D eigenvalue weighted by atomic mass is 9.98. The number of nitrogens with zero attached hydrogens (tertiary/aromatic N) is 1. The molecule has 0 saturated heterocycles. The van der Waals surface area contributed by atoms with Gasteiger partial charge < -0.3 is 14.8 Å². The number of carbonyl (C=O) groups excluding carboxylic acids is 1. The van der Waals surface area contributed by atoms with Gasteiger partial charge in [-0.2, -0.15) is 0 Å². The quantitative estimate of drug-likeness (QED) is 0.601. The van der Waals surface area contributed by atoms with Crippen molar-refractivity contribution in [3.05, 3.63) is 71.7 Å². The Bertz CT molecular complexity index is 1000. The molecule has 0 atom stereocenters.